The smallest absolute Gasteiger partial charge is 0.257 e. The van der Waals surface area contributed by atoms with Gasteiger partial charge in [0.05, 0.1) is 40.5 Å². The van der Waals surface area contributed by atoms with Crippen LogP contribution in [0.25, 0.3) is 10.9 Å². The summed E-state index contributed by atoms with van der Waals surface area (Å²) in [5, 5.41) is 3.14. The second kappa shape index (κ2) is 10.2. The van der Waals surface area contributed by atoms with Gasteiger partial charge in [0.2, 0.25) is 0 Å². The van der Waals surface area contributed by atoms with Gasteiger partial charge in [-0.05, 0) is 73.1 Å². The zero-order chi connectivity index (χ0) is 26.1. The van der Waals surface area contributed by atoms with Crippen molar-refractivity contribution in [2.24, 2.45) is 11.7 Å². The van der Waals surface area contributed by atoms with Crippen LogP contribution < -0.4 is 16.0 Å². The van der Waals surface area contributed by atoms with Crippen molar-refractivity contribution in [2.75, 3.05) is 17.3 Å². The van der Waals surface area contributed by atoms with Gasteiger partial charge in [-0.25, -0.2) is 8.78 Å². The van der Waals surface area contributed by atoms with E-state index in [0.717, 1.165) is 24.8 Å². The molecule has 2 aromatic carbocycles. The van der Waals surface area contributed by atoms with E-state index >= 15 is 0 Å². The van der Waals surface area contributed by atoms with Crippen molar-refractivity contribution in [3.63, 3.8) is 0 Å². The zero-order valence-corrected chi connectivity index (χ0v) is 20.8. The van der Waals surface area contributed by atoms with Crippen LogP contribution in [0.15, 0.2) is 67.1 Å². The number of aromatic nitrogens is 2. The van der Waals surface area contributed by atoms with E-state index in [9.17, 15) is 13.6 Å². The number of pyridine rings is 2. The van der Waals surface area contributed by atoms with E-state index in [0.29, 0.717) is 23.0 Å². The number of carbonyl (C=O) groups excluding carboxylic acids is 1. The molecule has 3 unspecified atom stereocenters. The summed E-state index contributed by atoms with van der Waals surface area (Å²) in [5.74, 6) is -0.617. The fourth-order valence-electron chi connectivity index (χ4n) is 5.37. The predicted molar refractivity (Wildman–Crippen MR) is 142 cm³/mol. The number of carbonyl (C=O) groups is 1. The third kappa shape index (κ3) is 5.02. The molecule has 1 amide bonds. The van der Waals surface area contributed by atoms with E-state index < -0.39 is 17.5 Å². The number of anilines is 3. The molecule has 3 N–H and O–H groups in total. The second-order valence-corrected chi connectivity index (χ2v) is 9.88. The first-order valence-corrected chi connectivity index (χ1v) is 12.4. The summed E-state index contributed by atoms with van der Waals surface area (Å²) in [6.07, 6.45) is 7.68. The topological polar surface area (TPSA) is 84.1 Å². The Labute approximate surface area is 214 Å². The van der Waals surface area contributed by atoms with Crippen LogP contribution in [0, 0.1) is 17.6 Å². The van der Waals surface area contributed by atoms with Crippen LogP contribution in [0.2, 0.25) is 0 Å². The van der Waals surface area contributed by atoms with Crippen molar-refractivity contribution < 1.29 is 13.6 Å². The first-order chi connectivity index (χ1) is 17.8. The van der Waals surface area contributed by atoms with Gasteiger partial charge in [-0.3, -0.25) is 14.8 Å². The molecule has 1 aliphatic carbocycles. The molecule has 0 radical (unpaired) electrons. The van der Waals surface area contributed by atoms with Crippen molar-refractivity contribution in [3.05, 3.63) is 89.9 Å². The minimum Gasteiger partial charge on any atom is -0.341 e. The maximum absolute atomic E-state index is 14.9. The highest BCUT2D eigenvalue weighted by atomic mass is 19.1. The van der Waals surface area contributed by atoms with Crippen LogP contribution in [0.1, 0.15) is 48.0 Å². The Bertz CT molecular complexity index is 1450. The first kappa shape index (κ1) is 24.8. The van der Waals surface area contributed by atoms with E-state index in [1.54, 1.807) is 48.6 Å². The summed E-state index contributed by atoms with van der Waals surface area (Å²) >= 11 is 0. The number of nitrogens with one attached hydrogen (secondary N) is 1. The lowest BCUT2D eigenvalue weighted by Gasteiger charge is -2.32. The van der Waals surface area contributed by atoms with Crippen LogP contribution in [0.4, 0.5) is 25.8 Å². The Morgan fingerprint density at radius 1 is 1.05 bits per heavy atom. The molecule has 5 rings (SSSR count). The van der Waals surface area contributed by atoms with Crippen LogP contribution in [-0.4, -0.2) is 29.0 Å². The maximum atomic E-state index is 14.9. The number of hydrogen-bond donors (Lipinski definition) is 2. The average molecular weight is 502 g/mol. The number of rotatable bonds is 5. The number of para-hydroxylation sites is 1. The Morgan fingerprint density at radius 2 is 1.86 bits per heavy atom. The molecule has 0 bridgehead atoms. The summed E-state index contributed by atoms with van der Waals surface area (Å²) in [4.78, 5) is 23.6. The highest BCUT2D eigenvalue weighted by Gasteiger charge is 2.28. The van der Waals surface area contributed by atoms with E-state index in [1.165, 1.54) is 24.4 Å². The molecule has 1 saturated carbocycles. The van der Waals surface area contributed by atoms with Gasteiger partial charge in [0.1, 0.15) is 11.6 Å². The normalized spacial score (nSPS) is 19.5. The lowest BCUT2D eigenvalue weighted by atomic mass is 9.76. The molecule has 0 saturated heterocycles. The number of halogens is 2. The molecule has 2 aromatic heterocycles. The van der Waals surface area contributed by atoms with Gasteiger partial charge >= 0.3 is 0 Å². The van der Waals surface area contributed by atoms with Gasteiger partial charge in [0, 0.05) is 24.7 Å². The largest absolute Gasteiger partial charge is 0.341 e. The number of hydrogen-bond acceptors (Lipinski definition) is 5. The summed E-state index contributed by atoms with van der Waals surface area (Å²) in [6, 6.07) is 12.6. The molecule has 0 spiro atoms. The number of benzene rings is 2. The van der Waals surface area contributed by atoms with Gasteiger partial charge in [0.15, 0.2) is 0 Å². The molecular formula is C29H29F2N5O. The fourth-order valence-corrected chi connectivity index (χ4v) is 5.37. The summed E-state index contributed by atoms with van der Waals surface area (Å²) in [7, 11) is 1.68. The van der Waals surface area contributed by atoms with Crippen molar-refractivity contribution in [1.29, 1.82) is 0 Å². The quantitative estimate of drug-likeness (QED) is 0.342. The first-order valence-electron chi connectivity index (χ1n) is 12.4. The third-order valence-corrected chi connectivity index (χ3v) is 7.15. The predicted octanol–water partition coefficient (Wildman–Crippen LogP) is 6.16. The summed E-state index contributed by atoms with van der Waals surface area (Å²) < 4.78 is 29.2. The molecular weight excluding hydrogens is 472 g/mol. The molecule has 6 nitrogen and oxygen atoms in total. The number of nitrogens with two attached hydrogens (primary N) is 1. The van der Waals surface area contributed by atoms with Crippen LogP contribution in [0.5, 0.6) is 0 Å². The molecule has 37 heavy (non-hydrogen) atoms. The van der Waals surface area contributed by atoms with Crippen molar-refractivity contribution in [1.82, 2.24) is 9.97 Å². The van der Waals surface area contributed by atoms with E-state index in [2.05, 4.69) is 22.2 Å². The second-order valence-electron chi connectivity index (χ2n) is 9.88. The minimum absolute atomic E-state index is 0.118. The standard InChI is InChI=1S/C29H29F2N5O/c1-17-11-18(13-19(32)12-17)21-9-10-33-16-26(21)35-29(37)22-7-8-24(30)23-14-20(15-34-28(22)23)36(2)27-6-4-3-5-25(27)31/h3-10,14-19H,11-13,32H2,1-2H3,(H,35,37). The molecule has 190 valence electrons. The van der Waals surface area contributed by atoms with Gasteiger partial charge in [-0.2, -0.15) is 0 Å². The lowest BCUT2D eigenvalue weighted by molar-refractivity contribution is 0.102. The van der Waals surface area contributed by atoms with Crippen molar-refractivity contribution in [2.45, 2.75) is 38.1 Å². The Balaban J connectivity index is 1.46. The SMILES string of the molecule is CC1CC(N)CC(c2ccncc2NC(=O)c2ccc(F)c3cc(N(C)c4ccccc4F)cnc23)C1. The number of nitrogens with zero attached hydrogens (tertiary/aromatic N) is 3. The van der Waals surface area contributed by atoms with Crippen molar-refractivity contribution in [3.8, 4) is 0 Å². The monoisotopic (exact) mass is 501 g/mol. The minimum atomic E-state index is -0.518. The highest BCUT2D eigenvalue weighted by molar-refractivity contribution is 6.12. The maximum Gasteiger partial charge on any atom is 0.257 e. The fraction of sp³-hybridized carbons (Fsp3) is 0.276. The molecule has 3 atom stereocenters. The molecule has 1 fully saturated rings. The zero-order valence-electron chi connectivity index (χ0n) is 20.8. The Hall–Kier alpha value is -3.91. The number of amides is 1. The van der Waals surface area contributed by atoms with Crippen LogP contribution >= 0.6 is 0 Å². The highest BCUT2D eigenvalue weighted by Crippen LogP contribution is 2.38. The van der Waals surface area contributed by atoms with Gasteiger partial charge in [-0.15, -0.1) is 0 Å². The Kier molecular flexibility index (Phi) is 6.84. The molecule has 4 aromatic rings. The molecule has 8 heteroatoms. The van der Waals surface area contributed by atoms with E-state index in [4.69, 9.17) is 5.73 Å². The van der Waals surface area contributed by atoms with Crippen LogP contribution in [0.3, 0.4) is 0 Å². The van der Waals surface area contributed by atoms with Gasteiger partial charge < -0.3 is 16.0 Å². The third-order valence-electron chi connectivity index (χ3n) is 7.15. The van der Waals surface area contributed by atoms with E-state index in [-0.39, 0.29) is 28.4 Å². The van der Waals surface area contributed by atoms with Gasteiger partial charge in [-0.1, -0.05) is 19.1 Å². The summed E-state index contributed by atoms with van der Waals surface area (Å²) in [5.41, 5.74) is 9.18. The molecule has 2 heterocycles. The average Bonchev–Trinajstić information content (AvgIpc) is 2.88. The van der Waals surface area contributed by atoms with Crippen LogP contribution in [-0.2, 0) is 0 Å². The van der Waals surface area contributed by atoms with Crippen molar-refractivity contribution >= 4 is 33.9 Å². The number of fused-ring (bicyclic) bond motifs is 1. The van der Waals surface area contributed by atoms with Gasteiger partial charge in [0.25, 0.3) is 5.91 Å². The molecule has 1 aliphatic rings. The van der Waals surface area contributed by atoms with E-state index in [1.807, 2.05) is 6.07 Å². The summed E-state index contributed by atoms with van der Waals surface area (Å²) in [6.45, 7) is 2.19. The Morgan fingerprint density at radius 3 is 2.65 bits per heavy atom. The molecule has 0 aliphatic heterocycles. The lowest BCUT2D eigenvalue weighted by Crippen LogP contribution is -2.31.